The van der Waals surface area contributed by atoms with Crippen LogP contribution in [0, 0.1) is 22.7 Å². The molecule has 0 atom stereocenters. The van der Waals surface area contributed by atoms with Gasteiger partial charge in [0.15, 0.2) is 0 Å². The third kappa shape index (κ3) is 8.65. The van der Waals surface area contributed by atoms with Crippen molar-refractivity contribution in [1.82, 2.24) is 16.0 Å². The summed E-state index contributed by atoms with van der Waals surface area (Å²) in [6.45, 7) is 10.5. The first kappa shape index (κ1) is 15.9. The number of nitriles is 2. The molecular weight excluding hydrogens is 214 g/mol. The largest absolute Gasteiger partial charge is 0.314 e. The van der Waals surface area contributed by atoms with Crippen molar-refractivity contribution in [3.63, 3.8) is 0 Å². The van der Waals surface area contributed by atoms with Gasteiger partial charge >= 0.3 is 0 Å². The smallest absolute Gasteiger partial charge is 0.101 e. The second-order valence-corrected chi connectivity index (χ2v) is 5.08. The molecule has 0 unspecified atom stereocenters. The van der Waals surface area contributed by atoms with E-state index < -0.39 is 11.1 Å². The van der Waals surface area contributed by atoms with Crippen LogP contribution < -0.4 is 16.0 Å². The molecule has 0 bridgehead atoms. The molecule has 0 aliphatic heterocycles. The minimum Gasteiger partial charge on any atom is -0.314 e. The fourth-order valence-electron chi connectivity index (χ4n) is 1.13. The molecule has 0 amide bonds. The van der Waals surface area contributed by atoms with Crippen molar-refractivity contribution in [2.45, 2.75) is 38.8 Å². The Morgan fingerprint density at radius 2 is 1.12 bits per heavy atom. The van der Waals surface area contributed by atoms with Gasteiger partial charge in [-0.1, -0.05) is 0 Å². The fraction of sp³-hybridized carbons (Fsp3) is 0.833. The molecule has 0 aliphatic rings. The summed E-state index contributed by atoms with van der Waals surface area (Å²) in [4.78, 5) is 0. The molecule has 0 aromatic carbocycles. The van der Waals surface area contributed by atoms with Gasteiger partial charge in [0, 0.05) is 26.2 Å². The van der Waals surface area contributed by atoms with Gasteiger partial charge in [-0.25, -0.2) is 0 Å². The van der Waals surface area contributed by atoms with E-state index >= 15 is 0 Å². The van der Waals surface area contributed by atoms with Crippen LogP contribution in [0.3, 0.4) is 0 Å². The summed E-state index contributed by atoms with van der Waals surface area (Å²) in [7, 11) is 0. The number of nitrogens with one attached hydrogen (secondary N) is 3. The van der Waals surface area contributed by atoms with Crippen LogP contribution in [-0.2, 0) is 0 Å². The molecule has 0 saturated heterocycles. The number of nitrogens with zero attached hydrogens (tertiary/aromatic N) is 2. The van der Waals surface area contributed by atoms with E-state index in [4.69, 9.17) is 10.5 Å². The lowest BCUT2D eigenvalue weighted by Gasteiger charge is -2.19. The van der Waals surface area contributed by atoms with Crippen LogP contribution in [0.25, 0.3) is 0 Å². The van der Waals surface area contributed by atoms with E-state index in [-0.39, 0.29) is 0 Å². The van der Waals surface area contributed by atoms with Crippen LogP contribution in [0.15, 0.2) is 0 Å². The van der Waals surface area contributed by atoms with Crippen molar-refractivity contribution in [2.24, 2.45) is 0 Å². The zero-order chi connectivity index (χ0) is 13.4. The van der Waals surface area contributed by atoms with Crippen molar-refractivity contribution in [1.29, 1.82) is 10.5 Å². The molecule has 17 heavy (non-hydrogen) atoms. The molecular formula is C12H23N5. The van der Waals surface area contributed by atoms with E-state index in [1.54, 1.807) is 0 Å². The Hall–Kier alpha value is -1.14. The van der Waals surface area contributed by atoms with Crippen LogP contribution in [0.4, 0.5) is 0 Å². The molecule has 5 nitrogen and oxygen atoms in total. The maximum absolute atomic E-state index is 8.78. The Bertz CT molecular complexity index is 265. The SMILES string of the molecule is CC(C)(C#N)NCCNCCNC(C)(C)C#N. The molecule has 0 aromatic rings. The maximum Gasteiger partial charge on any atom is 0.101 e. The normalized spacial score (nSPS) is 11.9. The lowest BCUT2D eigenvalue weighted by atomic mass is 10.1. The summed E-state index contributed by atoms with van der Waals surface area (Å²) < 4.78 is 0. The number of hydrogen-bond acceptors (Lipinski definition) is 5. The van der Waals surface area contributed by atoms with Crippen LogP contribution in [-0.4, -0.2) is 37.3 Å². The Morgan fingerprint density at radius 1 is 0.765 bits per heavy atom. The molecule has 0 heterocycles. The van der Waals surface area contributed by atoms with E-state index in [2.05, 4.69) is 28.1 Å². The first-order valence-electron chi connectivity index (χ1n) is 5.86. The average Bonchev–Trinajstić information content (AvgIpc) is 2.27. The summed E-state index contributed by atoms with van der Waals surface area (Å²) in [5.74, 6) is 0. The highest BCUT2D eigenvalue weighted by atomic mass is 15.0. The third-order valence-corrected chi connectivity index (χ3v) is 2.30. The van der Waals surface area contributed by atoms with Gasteiger partial charge in [0.05, 0.1) is 12.1 Å². The minimum atomic E-state index is -0.470. The van der Waals surface area contributed by atoms with Gasteiger partial charge in [0.1, 0.15) is 11.1 Å². The maximum atomic E-state index is 8.78. The second kappa shape index (κ2) is 7.24. The molecule has 0 saturated carbocycles. The Kier molecular flexibility index (Phi) is 6.75. The van der Waals surface area contributed by atoms with Crippen molar-refractivity contribution >= 4 is 0 Å². The van der Waals surface area contributed by atoms with Gasteiger partial charge in [-0.3, -0.25) is 10.6 Å². The highest BCUT2D eigenvalue weighted by molar-refractivity contribution is 5.00. The van der Waals surface area contributed by atoms with E-state index in [1.165, 1.54) is 0 Å². The minimum absolute atomic E-state index is 0.470. The topological polar surface area (TPSA) is 83.7 Å². The van der Waals surface area contributed by atoms with Gasteiger partial charge in [0.2, 0.25) is 0 Å². The standard InChI is InChI=1S/C12H23N5/c1-11(2,9-13)16-7-5-15-6-8-17-12(3,4)10-14/h15-17H,5-8H2,1-4H3. The van der Waals surface area contributed by atoms with E-state index in [1.807, 2.05) is 27.7 Å². The third-order valence-electron chi connectivity index (χ3n) is 2.30. The predicted molar refractivity (Wildman–Crippen MR) is 68.3 cm³/mol. The van der Waals surface area contributed by atoms with Crippen LogP contribution in [0.1, 0.15) is 27.7 Å². The number of hydrogen-bond donors (Lipinski definition) is 3. The summed E-state index contributed by atoms with van der Waals surface area (Å²) in [5.41, 5.74) is -0.939. The molecule has 0 spiro atoms. The second-order valence-electron chi connectivity index (χ2n) is 5.08. The lowest BCUT2D eigenvalue weighted by molar-refractivity contribution is 0.455. The molecule has 0 radical (unpaired) electrons. The quantitative estimate of drug-likeness (QED) is 0.531. The van der Waals surface area contributed by atoms with Gasteiger partial charge in [-0.05, 0) is 27.7 Å². The lowest BCUT2D eigenvalue weighted by Crippen LogP contribution is -2.44. The summed E-state index contributed by atoms with van der Waals surface area (Å²) in [5, 5.41) is 27.1. The monoisotopic (exact) mass is 237 g/mol. The first-order valence-corrected chi connectivity index (χ1v) is 5.86. The van der Waals surface area contributed by atoms with Gasteiger partial charge in [-0.2, -0.15) is 10.5 Å². The van der Waals surface area contributed by atoms with Crippen LogP contribution in [0.5, 0.6) is 0 Å². The average molecular weight is 237 g/mol. The Balaban J connectivity index is 3.44. The fourth-order valence-corrected chi connectivity index (χ4v) is 1.13. The van der Waals surface area contributed by atoms with Crippen molar-refractivity contribution < 1.29 is 0 Å². The van der Waals surface area contributed by atoms with Gasteiger partial charge < -0.3 is 5.32 Å². The van der Waals surface area contributed by atoms with Crippen molar-refractivity contribution in [3.05, 3.63) is 0 Å². The highest BCUT2D eigenvalue weighted by Crippen LogP contribution is 1.97. The van der Waals surface area contributed by atoms with Gasteiger partial charge in [-0.15, -0.1) is 0 Å². The van der Waals surface area contributed by atoms with Gasteiger partial charge in [0.25, 0.3) is 0 Å². The van der Waals surface area contributed by atoms with E-state index in [0.717, 1.165) is 26.2 Å². The van der Waals surface area contributed by atoms with Crippen LogP contribution in [0.2, 0.25) is 0 Å². The summed E-state index contributed by atoms with van der Waals surface area (Å²) in [6, 6.07) is 4.37. The summed E-state index contributed by atoms with van der Waals surface area (Å²) >= 11 is 0. The van der Waals surface area contributed by atoms with Crippen molar-refractivity contribution in [2.75, 3.05) is 26.2 Å². The summed E-state index contributed by atoms with van der Waals surface area (Å²) in [6.07, 6.45) is 0. The Labute approximate surface area is 104 Å². The van der Waals surface area contributed by atoms with E-state index in [0.29, 0.717) is 0 Å². The molecule has 0 rings (SSSR count). The molecule has 3 N–H and O–H groups in total. The zero-order valence-corrected chi connectivity index (χ0v) is 11.2. The molecule has 0 aliphatic carbocycles. The predicted octanol–water partition coefficient (Wildman–Crippen LogP) is 0.360. The highest BCUT2D eigenvalue weighted by Gasteiger charge is 2.15. The molecule has 5 heteroatoms. The molecule has 0 aromatic heterocycles. The zero-order valence-electron chi connectivity index (χ0n) is 11.2. The van der Waals surface area contributed by atoms with E-state index in [9.17, 15) is 0 Å². The van der Waals surface area contributed by atoms with Crippen LogP contribution >= 0.6 is 0 Å². The number of rotatable bonds is 8. The Morgan fingerprint density at radius 3 is 1.41 bits per heavy atom. The molecule has 96 valence electrons. The first-order chi connectivity index (χ1) is 7.83. The molecule has 0 fully saturated rings. The van der Waals surface area contributed by atoms with Crippen molar-refractivity contribution in [3.8, 4) is 12.1 Å².